The zero-order chi connectivity index (χ0) is 32.2. The molecule has 1 aliphatic heterocycles. The second-order valence-corrected chi connectivity index (χ2v) is 9.54. The number of carbonyl (C=O) groups is 7. The van der Waals surface area contributed by atoms with Crippen LogP contribution in [0.3, 0.4) is 0 Å². The highest BCUT2D eigenvalue weighted by Crippen LogP contribution is 2.24. The number of carbonyl (C=O) groups excluding carboxylic acids is 7. The Morgan fingerprint density at radius 3 is 1.56 bits per heavy atom. The van der Waals surface area contributed by atoms with E-state index in [1.54, 1.807) is 12.1 Å². The SMILES string of the molecule is C=C(C)C(=O)OCCNC(=O)OCC(C)(COC(=O)NCCOC(=O)C(=C)C)C(=O)OCN1C(=O)c2ccccc2C1=O. The molecular weight excluding hydrogens is 570 g/mol. The minimum Gasteiger partial charge on any atom is -0.460 e. The number of benzene rings is 1. The molecule has 232 valence electrons. The molecule has 15 nitrogen and oxygen atoms in total. The maximum atomic E-state index is 13.1. The summed E-state index contributed by atoms with van der Waals surface area (Å²) in [5.41, 5.74) is -1.15. The first kappa shape index (κ1) is 34.0. The van der Waals surface area contributed by atoms with Crippen LogP contribution >= 0.6 is 0 Å². The quantitative estimate of drug-likeness (QED) is 0.0966. The highest BCUT2D eigenvalue weighted by molar-refractivity contribution is 6.21. The largest absolute Gasteiger partial charge is 0.460 e. The smallest absolute Gasteiger partial charge is 0.407 e. The minimum atomic E-state index is -1.80. The van der Waals surface area contributed by atoms with Gasteiger partial charge in [0.05, 0.1) is 24.2 Å². The normalized spacial score (nSPS) is 12.0. The zero-order valence-corrected chi connectivity index (χ0v) is 24.0. The van der Waals surface area contributed by atoms with E-state index in [2.05, 4.69) is 23.8 Å². The first-order valence-corrected chi connectivity index (χ1v) is 12.9. The first-order chi connectivity index (χ1) is 20.3. The summed E-state index contributed by atoms with van der Waals surface area (Å²) in [5.74, 6) is -3.68. The molecule has 2 N–H and O–H groups in total. The van der Waals surface area contributed by atoms with Gasteiger partial charge in [-0.15, -0.1) is 0 Å². The van der Waals surface area contributed by atoms with Gasteiger partial charge in [0, 0.05) is 11.1 Å². The summed E-state index contributed by atoms with van der Waals surface area (Å²) >= 11 is 0. The summed E-state index contributed by atoms with van der Waals surface area (Å²) in [6, 6.07) is 6.07. The number of rotatable bonds is 15. The van der Waals surface area contributed by atoms with E-state index < -0.39 is 67.3 Å². The van der Waals surface area contributed by atoms with Crippen molar-refractivity contribution in [3.8, 4) is 0 Å². The van der Waals surface area contributed by atoms with Crippen molar-refractivity contribution in [1.29, 1.82) is 0 Å². The molecule has 0 saturated heterocycles. The summed E-state index contributed by atoms with van der Waals surface area (Å²) in [7, 11) is 0. The molecule has 0 bridgehead atoms. The molecule has 2 rings (SSSR count). The van der Waals surface area contributed by atoms with Gasteiger partial charge in [0.2, 0.25) is 0 Å². The number of alkyl carbamates (subject to hydrolysis) is 2. The lowest BCUT2D eigenvalue weighted by atomic mass is 9.93. The molecule has 1 aliphatic rings. The van der Waals surface area contributed by atoms with Gasteiger partial charge in [-0.25, -0.2) is 24.1 Å². The van der Waals surface area contributed by atoms with Crippen molar-refractivity contribution in [2.45, 2.75) is 20.8 Å². The Labute approximate surface area is 247 Å². The van der Waals surface area contributed by atoms with Crippen LogP contribution in [0.2, 0.25) is 0 Å². The van der Waals surface area contributed by atoms with Crippen LogP contribution in [0.4, 0.5) is 9.59 Å². The number of imide groups is 1. The maximum Gasteiger partial charge on any atom is 0.407 e. The van der Waals surface area contributed by atoms with Gasteiger partial charge in [-0.1, -0.05) is 25.3 Å². The summed E-state index contributed by atoms with van der Waals surface area (Å²) in [6.07, 6.45) is -1.98. The van der Waals surface area contributed by atoms with Crippen LogP contribution in [0.1, 0.15) is 41.5 Å². The Hall–Kier alpha value is -5.21. The molecule has 0 atom stereocenters. The van der Waals surface area contributed by atoms with Crippen LogP contribution in [0.25, 0.3) is 0 Å². The number of hydrogen-bond acceptors (Lipinski definition) is 12. The monoisotopic (exact) mass is 603 g/mol. The molecule has 0 fully saturated rings. The average Bonchev–Trinajstić information content (AvgIpc) is 3.22. The molecule has 0 radical (unpaired) electrons. The highest BCUT2D eigenvalue weighted by Gasteiger charge is 2.41. The van der Waals surface area contributed by atoms with Crippen molar-refractivity contribution in [3.63, 3.8) is 0 Å². The molecule has 0 aromatic heterocycles. The van der Waals surface area contributed by atoms with Gasteiger partial charge in [-0.3, -0.25) is 14.4 Å². The van der Waals surface area contributed by atoms with E-state index in [1.807, 2.05) is 0 Å². The van der Waals surface area contributed by atoms with Crippen LogP contribution < -0.4 is 10.6 Å². The second-order valence-electron chi connectivity index (χ2n) is 9.54. The summed E-state index contributed by atoms with van der Waals surface area (Å²) in [5, 5.41) is 4.64. The number of nitrogens with zero attached hydrogens (tertiary/aromatic N) is 1. The molecular formula is C28H33N3O12. The maximum absolute atomic E-state index is 13.1. The molecule has 43 heavy (non-hydrogen) atoms. The standard InChI is InChI=1S/C28H33N3O12/c1-17(2)23(34)39-12-10-29-26(37)41-14-28(5,15-42-27(38)30-11-13-40-24(35)18(3)4)25(36)43-16-31-21(32)19-8-6-7-9-20(19)22(31)33/h6-9H,1,3,10-16H2,2,4-5H3,(H,29,37)(H,30,38). The number of nitrogens with one attached hydrogen (secondary N) is 2. The minimum absolute atomic E-state index is 0.117. The fourth-order valence-corrected chi connectivity index (χ4v) is 3.21. The van der Waals surface area contributed by atoms with Crippen LogP contribution in [-0.4, -0.2) is 93.1 Å². The number of amides is 4. The van der Waals surface area contributed by atoms with E-state index in [-0.39, 0.29) is 48.6 Å². The van der Waals surface area contributed by atoms with Crippen molar-refractivity contribution >= 4 is 41.9 Å². The number of esters is 3. The van der Waals surface area contributed by atoms with Crippen molar-refractivity contribution in [1.82, 2.24) is 15.5 Å². The first-order valence-electron chi connectivity index (χ1n) is 12.9. The predicted molar refractivity (Wildman–Crippen MR) is 146 cm³/mol. The number of ether oxygens (including phenoxy) is 5. The Balaban J connectivity index is 1.97. The third kappa shape index (κ3) is 9.98. The van der Waals surface area contributed by atoms with Gasteiger partial charge < -0.3 is 34.3 Å². The molecule has 15 heteroatoms. The average molecular weight is 604 g/mol. The van der Waals surface area contributed by atoms with Gasteiger partial charge >= 0.3 is 30.1 Å². The molecule has 1 aromatic rings. The van der Waals surface area contributed by atoms with Crippen LogP contribution in [0, 0.1) is 5.41 Å². The van der Waals surface area contributed by atoms with Crippen molar-refractivity contribution in [2.75, 3.05) is 46.2 Å². The second kappa shape index (κ2) is 15.7. The third-order valence-corrected chi connectivity index (χ3v) is 5.65. The fourth-order valence-electron chi connectivity index (χ4n) is 3.21. The van der Waals surface area contributed by atoms with E-state index in [0.29, 0.717) is 0 Å². The molecule has 1 heterocycles. The molecule has 0 saturated carbocycles. The summed E-state index contributed by atoms with van der Waals surface area (Å²) < 4.78 is 25.1. The van der Waals surface area contributed by atoms with E-state index in [9.17, 15) is 33.6 Å². The Morgan fingerprint density at radius 1 is 0.744 bits per heavy atom. The van der Waals surface area contributed by atoms with E-state index in [1.165, 1.54) is 32.9 Å². The molecule has 4 amide bonds. The van der Waals surface area contributed by atoms with Crippen LogP contribution in [-0.2, 0) is 38.1 Å². The third-order valence-electron chi connectivity index (χ3n) is 5.65. The molecule has 0 aliphatic carbocycles. The lowest BCUT2D eigenvalue weighted by Gasteiger charge is -2.27. The summed E-state index contributed by atoms with van der Waals surface area (Å²) in [4.78, 5) is 86.2. The summed E-state index contributed by atoms with van der Waals surface area (Å²) in [6.45, 7) is 8.39. The topological polar surface area (TPSA) is 193 Å². The molecule has 1 aromatic carbocycles. The number of hydrogen-bond donors (Lipinski definition) is 2. The van der Waals surface area contributed by atoms with Gasteiger partial charge in [-0.05, 0) is 32.9 Å². The van der Waals surface area contributed by atoms with E-state index in [4.69, 9.17) is 23.7 Å². The van der Waals surface area contributed by atoms with Gasteiger partial charge in [-0.2, -0.15) is 0 Å². The van der Waals surface area contributed by atoms with Gasteiger partial charge in [0.1, 0.15) is 31.8 Å². The van der Waals surface area contributed by atoms with Crippen LogP contribution in [0.5, 0.6) is 0 Å². The lowest BCUT2D eigenvalue weighted by molar-refractivity contribution is -0.162. The van der Waals surface area contributed by atoms with Gasteiger partial charge in [0.15, 0.2) is 6.73 Å². The van der Waals surface area contributed by atoms with E-state index >= 15 is 0 Å². The Kier molecular flexibility index (Phi) is 12.4. The Morgan fingerprint density at radius 2 is 1.16 bits per heavy atom. The van der Waals surface area contributed by atoms with Crippen molar-refractivity contribution in [2.24, 2.45) is 5.41 Å². The van der Waals surface area contributed by atoms with E-state index in [0.717, 1.165) is 4.90 Å². The lowest BCUT2D eigenvalue weighted by Crippen LogP contribution is -2.44. The zero-order valence-electron chi connectivity index (χ0n) is 24.0. The van der Waals surface area contributed by atoms with Gasteiger partial charge in [0.25, 0.3) is 11.8 Å². The number of fused-ring (bicyclic) bond motifs is 1. The predicted octanol–water partition coefficient (Wildman–Crippen LogP) is 1.48. The van der Waals surface area contributed by atoms with Crippen molar-refractivity contribution < 1.29 is 57.2 Å². The fraction of sp³-hybridized carbons (Fsp3) is 0.393. The van der Waals surface area contributed by atoms with Crippen molar-refractivity contribution in [3.05, 3.63) is 59.7 Å². The molecule has 0 unspecified atom stereocenters. The Bertz CT molecular complexity index is 1220. The highest BCUT2D eigenvalue weighted by atomic mass is 16.6. The molecule has 0 spiro atoms. The van der Waals surface area contributed by atoms with Crippen LogP contribution in [0.15, 0.2) is 48.6 Å².